The normalized spacial score (nSPS) is 17.4. The van der Waals surface area contributed by atoms with E-state index in [0.717, 1.165) is 30.8 Å². The lowest BCUT2D eigenvalue weighted by molar-refractivity contribution is -0.126. The second-order valence-corrected chi connectivity index (χ2v) is 10.9. The largest absolute Gasteiger partial charge is 0.494 e. The Morgan fingerprint density at radius 3 is 2.64 bits per heavy atom. The van der Waals surface area contributed by atoms with Crippen LogP contribution in [0.15, 0.2) is 55.0 Å². The number of benzene rings is 2. The first-order valence-electron chi connectivity index (χ1n) is 14.3. The molecule has 1 atom stereocenters. The number of ether oxygens (including phenoxy) is 1. The van der Waals surface area contributed by atoms with Crippen LogP contribution in [-0.2, 0) is 4.79 Å². The number of hydrogen-bond donors (Lipinski definition) is 3. The molecule has 2 fully saturated rings. The van der Waals surface area contributed by atoms with Crippen LogP contribution in [0.5, 0.6) is 5.75 Å². The zero-order valence-corrected chi connectivity index (χ0v) is 23.7. The average molecular weight is 572 g/mol. The van der Waals surface area contributed by atoms with Crippen molar-refractivity contribution in [2.24, 2.45) is 5.92 Å². The van der Waals surface area contributed by atoms with Gasteiger partial charge in [-0.15, -0.1) is 0 Å². The number of rotatable bonds is 7. The number of nitrogens with one attached hydrogen (secondary N) is 3. The molecule has 42 heavy (non-hydrogen) atoms. The van der Waals surface area contributed by atoms with Gasteiger partial charge in [0.15, 0.2) is 23.0 Å². The van der Waals surface area contributed by atoms with Gasteiger partial charge < -0.3 is 25.6 Å². The van der Waals surface area contributed by atoms with E-state index >= 15 is 0 Å². The van der Waals surface area contributed by atoms with Crippen LogP contribution in [0.1, 0.15) is 35.2 Å². The van der Waals surface area contributed by atoms with Gasteiger partial charge in [0.25, 0.3) is 5.91 Å². The molecular weight excluding hydrogens is 537 g/mol. The van der Waals surface area contributed by atoms with Gasteiger partial charge in [0.1, 0.15) is 0 Å². The summed E-state index contributed by atoms with van der Waals surface area (Å²) in [7, 11) is 1.43. The highest BCUT2D eigenvalue weighted by molar-refractivity contribution is 5.96. The van der Waals surface area contributed by atoms with E-state index in [2.05, 4.69) is 25.9 Å². The Labute approximate surface area is 243 Å². The molecule has 0 aliphatic carbocycles. The van der Waals surface area contributed by atoms with Gasteiger partial charge in [0, 0.05) is 60.8 Å². The highest BCUT2D eigenvalue weighted by atomic mass is 19.1. The SMILES string of the molecule is COc1ccc(-c2cnc3c(Nc4ccc(C(=O)N5CCC(C(=O)NC6CCNC6)CC5)c(C)c4)nccn23)cc1F. The van der Waals surface area contributed by atoms with Crippen LogP contribution in [0.4, 0.5) is 15.9 Å². The Morgan fingerprint density at radius 2 is 1.93 bits per heavy atom. The molecule has 2 amide bonds. The van der Waals surface area contributed by atoms with Crippen molar-refractivity contribution in [2.45, 2.75) is 32.2 Å². The number of piperidine rings is 1. The van der Waals surface area contributed by atoms with Crippen LogP contribution in [0.25, 0.3) is 16.9 Å². The van der Waals surface area contributed by atoms with Crippen LogP contribution >= 0.6 is 0 Å². The van der Waals surface area contributed by atoms with Crippen molar-refractivity contribution < 1.29 is 18.7 Å². The minimum atomic E-state index is -0.450. The van der Waals surface area contributed by atoms with E-state index in [1.165, 1.54) is 13.2 Å². The highest BCUT2D eigenvalue weighted by Crippen LogP contribution is 2.29. The Bertz CT molecular complexity index is 1620. The third-order valence-electron chi connectivity index (χ3n) is 8.15. The van der Waals surface area contributed by atoms with Gasteiger partial charge in [-0.25, -0.2) is 14.4 Å². The van der Waals surface area contributed by atoms with E-state index in [0.29, 0.717) is 54.2 Å². The second-order valence-electron chi connectivity index (χ2n) is 10.9. The van der Waals surface area contributed by atoms with Gasteiger partial charge in [0.05, 0.1) is 19.0 Å². The van der Waals surface area contributed by atoms with Crippen molar-refractivity contribution in [3.63, 3.8) is 0 Å². The quantitative estimate of drug-likeness (QED) is 0.308. The molecule has 0 radical (unpaired) electrons. The zero-order chi connectivity index (χ0) is 29.2. The molecule has 2 saturated heterocycles. The lowest BCUT2D eigenvalue weighted by atomic mass is 9.94. The molecule has 2 aliphatic heterocycles. The van der Waals surface area contributed by atoms with Crippen molar-refractivity contribution in [2.75, 3.05) is 38.6 Å². The first-order valence-corrected chi connectivity index (χ1v) is 14.3. The standard InChI is InChI=1S/C31H34FN7O3/c1-19-15-22(4-5-24(19)31(41)38-12-8-20(9-13-38)30(40)37-23-7-10-33-17-23)36-28-29-35-18-26(39(29)14-11-34-28)21-3-6-27(42-2)25(32)16-21/h3-6,11,14-16,18,20,23,33H,7-10,12-13,17H2,1-2H3,(H,34,36)(H,37,40). The third-order valence-corrected chi connectivity index (χ3v) is 8.15. The number of halogens is 1. The van der Waals surface area contributed by atoms with Crippen LogP contribution in [0, 0.1) is 18.7 Å². The summed E-state index contributed by atoms with van der Waals surface area (Å²) in [5.41, 5.74) is 4.19. The number of nitrogens with zero attached hydrogens (tertiary/aromatic N) is 4. The molecule has 10 nitrogen and oxygen atoms in total. The number of amides is 2. The Hall–Kier alpha value is -4.51. The van der Waals surface area contributed by atoms with Crippen LogP contribution in [-0.4, -0.2) is 70.4 Å². The molecule has 11 heteroatoms. The summed E-state index contributed by atoms with van der Waals surface area (Å²) in [5, 5.41) is 9.73. The number of imidazole rings is 1. The lowest BCUT2D eigenvalue weighted by Crippen LogP contribution is -2.45. The first kappa shape index (κ1) is 27.6. The topological polar surface area (TPSA) is 113 Å². The van der Waals surface area contributed by atoms with E-state index in [1.807, 2.05) is 34.4 Å². The molecule has 0 saturated carbocycles. The molecule has 6 rings (SSSR count). The van der Waals surface area contributed by atoms with Crippen molar-refractivity contribution in [3.8, 4) is 17.0 Å². The fourth-order valence-corrected chi connectivity index (χ4v) is 5.78. The number of hydrogen-bond acceptors (Lipinski definition) is 7. The zero-order valence-electron chi connectivity index (χ0n) is 23.7. The first-order chi connectivity index (χ1) is 20.4. The Morgan fingerprint density at radius 1 is 1.10 bits per heavy atom. The number of carbonyl (C=O) groups excluding carboxylic acids is 2. The summed E-state index contributed by atoms with van der Waals surface area (Å²) in [6.07, 6.45) is 7.40. The molecule has 4 aromatic rings. The van der Waals surface area contributed by atoms with E-state index in [9.17, 15) is 14.0 Å². The number of methoxy groups -OCH3 is 1. The Balaban J connectivity index is 1.12. The van der Waals surface area contributed by atoms with Crippen molar-refractivity contribution >= 4 is 29.0 Å². The van der Waals surface area contributed by atoms with E-state index in [1.54, 1.807) is 30.7 Å². The molecule has 2 aromatic heterocycles. The van der Waals surface area contributed by atoms with Gasteiger partial charge in [-0.2, -0.15) is 0 Å². The maximum Gasteiger partial charge on any atom is 0.254 e. The van der Waals surface area contributed by atoms with Gasteiger partial charge in [-0.3, -0.25) is 14.0 Å². The van der Waals surface area contributed by atoms with Crippen LogP contribution in [0.3, 0.4) is 0 Å². The summed E-state index contributed by atoms with van der Waals surface area (Å²) in [6.45, 7) is 4.80. The van der Waals surface area contributed by atoms with Gasteiger partial charge in [0.2, 0.25) is 5.91 Å². The summed E-state index contributed by atoms with van der Waals surface area (Å²) in [4.78, 5) is 36.9. The van der Waals surface area contributed by atoms with Gasteiger partial charge >= 0.3 is 0 Å². The fourth-order valence-electron chi connectivity index (χ4n) is 5.78. The molecule has 3 N–H and O–H groups in total. The molecule has 2 aromatic carbocycles. The molecule has 1 unspecified atom stereocenters. The minimum Gasteiger partial charge on any atom is -0.494 e. The maximum absolute atomic E-state index is 14.3. The van der Waals surface area contributed by atoms with E-state index < -0.39 is 5.82 Å². The number of carbonyl (C=O) groups is 2. The molecule has 218 valence electrons. The number of aromatic nitrogens is 3. The molecule has 0 bridgehead atoms. The maximum atomic E-state index is 14.3. The van der Waals surface area contributed by atoms with Gasteiger partial charge in [-0.1, -0.05) is 0 Å². The van der Waals surface area contributed by atoms with Crippen LogP contribution in [0.2, 0.25) is 0 Å². The van der Waals surface area contributed by atoms with Crippen LogP contribution < -0.4 is 20.7 Å². The van der Waals surface area contributed by atoms with E-state index in [4.69, 9.17) is 4.74 Å². The van der Waals surface area contributed by atoms with E-state index in [-0.39, 0.29) is 29.5 Å². The summed E-state index contributed by atoms with van der Waals surface area (Å²) < 4.78 is 21.2. The summed E-state index contributed by atoms with van der Waals surface area (Å²) in [5.74, 6) is 0.289. The van der Waals surface area contributed by atoms with Crippen molar-refractivity contribution in [1.29, 1.82) is 0 Å². The highest BCUT2D eigenvalue weighted by Gasteiger charge is 2.30. The second kappa shape index (κ2) is 11.8. The lowest BCUT2D eigenvalue weighted by Gasteiger charge is -2.32. The van der Waals surface area contributed by atoms with Crippen molar-refractivity contribution in [3.05, 3.63) is 71.9 Å². The number of anilines is 2. The Kier molecular flexibility index (Phi) is 7.75. The van der Waals surface area contributed by atoms with Crippen molar-refractivity contribution in [1.82, 2.24) is 29.9 Å². The predicted octanol–water partition coefficient (Wildman–Crippen LogP) is 3.93. The molecule has 4 heterocycles. The monoisotopic (exact) mass is 571 g/mol. The number of fused-ring (bicyclic) bond motifs is 1. The fraction of sp³-hybridized carbons (Fsp3) is 0.355. The molecule has 0 spiro atoms. The smallest absolute Gasteiger partial charge is 0.254 e. The summed E-state index contributed by atoms with van der Waals surface area (Å²) >= 11 is 0. The van der Waals surface area contributed by atoms with Gasteiger partial charge in [-0.05, 0) is 74.7 Å². The average Bonchev–Trinajstić information content (AvgIpc) is 3.68. The number of likely N-dealkylation sites (tertiary alicyclic amines) is 1. The molecule has 2 aliphatic rings. The summed E-state index contributed by atoms with van der Waals surface area (Å²) in [6, 6.07) is 10.6. The number of aryl methyl sites for hydroxylation is 1. The minimum absolute atomic E-state index is 0.0252. The molecular formula is C31H34FN7O3. The predicted molar refractivity (Wildman–Crippen MR) is 157 cm³/mol. The third kappa shape index (κ3) is 5.52.